The molecule has 0 unspecified atom stereocenters. The highest BCUT2D eigenvalue weighted by molar-refractivity contribution is 7.00. The molecule has 2 aliphatic heterocycles. The second-order valence-electron chi connectivity index (χ2n) is 22.1. The lowest BCUT2D eigenvalue weighted by atomic mass is 9.33. The van der Waals surface area contributed by atoms with Gasteiger partial charge < -0.3 is 9.80 Å². The molecule has 0 N–H and O–H groups in total. The molecule has 0 amide bonds. The molecule has 0 radical (unpaired) electrons. The van der Waals surface area contributed by atoms with Gasteiger partial charge in [0.05, 0.1) is 0 Å². The first-order chi connectivity index (χ1) is 27.5. The maximum Gasteiger partial charge on any atom is 0.252 e. The van der Waals surface area contributed by atoms with E-state index in [0.29, 0.717) is 0 Å². The van der Waals surface area contributed by atoms with Crippen LogP contribution in [0.2, 0.25) is 0 Å². The lowest BCUT2D eigenvalue weighted by molar-refractivity contribution is 0.569. The van der Waals surface area contributed by atoms with Crippen LogP contribution in [-0.4, -0.2) is 6.71 Å². The van der Waals surface area contributed by atoms with E-state index in [0.717, 1.165) is 0 Å². The van der Waals surface area contributed by atoms with Gasteiger partial charge in [-0.1, -0.05) is 176 Å². The molecule has 59 heavy (non-hydrogen) atoms. The Bertz CT molecular complexity index is 2550. The van der Waals surface area contributed by atoms with Crippen molar-refractivity contribution in [2.24, 2.45) is 0 Å². The maximum absolute atomic E-state index is 2.63. The molecule has 2 aliphatic rings. The Morgan fingerprint density at radius 1 is 0.373 bits per heavy atom. The van der Waals surface area contributed by atoms with Crippen molar-refractivity contribution in [1.82, 2.24) is 0 Å². The van der Waals surface area contributed by atoms with Gasteiger partial charge in [-0.2, -0.15) is 0 Å². The van der Waals surface area contributed by atoms with Gasteiger partial charge in [0.2, 0.25) is 0 Å². The number of rotatable bonds is 4. The summed E-state index contributed by atoms with van der Waals surface area (Å²) in [6.07, 6.45) is 0. The third kappa shape index (κ3) is 7.03. The van der Waals surface area contributed by atoms with Crippen LogP contribution in [0.4, 0.5) is 34.1 Å². The molecule has 0 fully saturated rings. The van der Waals surface area contributed by atoms with E-state index in [1.807, 2.05) is 0 Å². The van der Waals surface area contributed by atoms with E-state index in [1.54, 1.807) is 0 Å². The molecule has 0 saturated heterocycles. The van der Waals surface area contributed by atoms with Gasteiger partial charge in [0.1, 0.15) is 0 Å². The van der Waals surface area contributed by atoms with Crippen molar-refractivity contribution < 1.29 is 0 Å². The maximum atomic E-state index is 2.63. The molecular formula is C56H65BN2. The number of fused-ring (bicyclic) bond motifs is 4. The summed E-state index contributed by atoms with van der Waals surface area (Å²) in [6, 6.07) is 47.2. The molecule has 2 nitrogen and oxygen atoms in total. The molecule has 302 valence electrons. The van der Waals surface area contributed by atoms with Crippen LogP contribution in [0, 0.1) is 6.92 Å². The Hall–Kier alpha value is -5.02. The van der Waals surface area contributed by atoms with Crippen molar-refractivity contribution >= 4 is 57.2 Å². The average molecular weight is 777 g/mol. The van der Waals surface area contributed by atoms with Gasteiger partial charge in [-0.15, -0.1) is 0 Å². The predicted octanol–water partition coefficient (Wildman–Crippen LogP) is 13.6. The SMILES string of the molecule is Cc1cc2c3c(c1)N(c1ccccc1C(C)(C)C)c1ccc(C(C)(C)c4ccccc4)cc1B3c1ccc(C(C)(C)C)cc1N2c1cc(C(C)(C)C)cc(C(C)(C)C)c1. The van der Waals surface area contributed by atoms with E-state index in [2.05, 4.69) is 235 Å². The van der Waals surface area contributed by atoms with Crippen molar-refractivity contribution in [3.63, 3.8) is 0 Å². The Kier molecular flexibility index (Phi) is 9.51. The highest BCUT2D eigenvalue weighted by Gasteiger charge is 2.45. The summed E-state index contributed by atoms with van der Waals surface area (Å²) in [5.74, 6) is 0. The van der Waals surface area contributed by atoms with E-state index < -0.39 is 0 Å². The first-order valence-electron chi connectivity index (χ1n) is 21.8. The molecular weight excluding hydrogens is 711 g/mol. The third-order valence-electron chi connectivity index (χ3n) is 13.2. The van der Waals surface area contributed by atoms with Gasteiger partial charge in [-0.3, -0.25) is 0 Å². The summed E-state index contributed by atoms with van der Waals surface area (Å²) < 4.78 is 0. The number of hydrogen-bond acceptors (Lipinski definition) is 2. The fraction of sp³-hybridized carbons (Fsp3) is 0.357. The van der Waals surface area contributed by atoms with Gasteiger partial charge >= 0.3 is 0 Å². The van der Waals surface area contributed by atoms with E-state index in [-0.39, 0.29) is 33.8 Å². The highest BCUT2D eigenvalue weighted by atomic mass is 15.2. The summed E-state index contributed by atoms with van der Waals surface area (Å²) in [5, 5.41) is 0. The molecule has 0 aliphatic carbocycles. The van der Waals surface area contributed by atoms with E-state index >= 15 is 0 Å². The second-order valence-corrected chi connectivity index (χ2v) is 22.1. The molecule has 0 aromatic heterocycles. The molecule has 3 heteroatoms. The molecule has 0 spiro atoms. The van der Waals surface area contributed by atoms with Gasteiger partial charge in [0.15, 0.2) is 0 Å². The van der Waals surface area contributed by atoms with Crippen LogP contribution < -0.4 is 26.2 Å². The Morgan fingerprint density at radius 2 is 0.932 bits per heavy atom. The topological polar surface area (TPSA) is 6.48 Å². The van der Waals surface area contributed by atoms with Crippen LogP contribution in [0.5, 0.6) is 0 Å². The van der Waals surface area contributed by atoms with Gasteiger partial charge in [-0.25, -0.2) is 0 Å². The van der Waals surface area contributed by atoms with Crippen molar-refractivity contribution in [1.29, 1.82) is 0 Å². The largest absolute Gasteiger partial charge is 0.311 e. The van der Waals surface area contributed by atoms with Crippen LogP contribution in [0.3, 0.4) is 0 Å². The minimum absolute atomic E-state index is 0.0205. The first-order valence-corrected chi connectivity index (χ1v) is 21.8. The molecule has 0 saturated carbocycles. The molecule has 8 rings (SSSR count). The zero-order chi connectivity index (χ0) is 42.6. The Labute approximate surface area is 356 Å². The summed E-state index contributed by atoms with van der Waals surface area (Å²) in [7, 11) is 0. The lowest BCUT2D eigenvalue weighted by Gasteiger charge is -2.46. The van der Waals surface area contributed by atoms with Crippen LogP contribution in [-0.2, 0) is 27.1 Å². The molecule has 6 aromatic rings. The average Bonchev–Trinajstić information content (AvgIpc) is 3.16. The second kappa shape index (κ2) is 13.8. The predicted molar refractivity (Wildman–Crippen MR) is 259 cm³/mol. The monoisotopic (exact) mass is 777 g/mol. The van der Waals surface area contributed by atoms with Crippen molar-refractivity contribution in [3.05, 3.63) is 160 Å². The zero-order valence-corrected chi connectivity index (χ0v) is 38.5. The van der Waals surface area contributed by atoms with Gasteiger partial charge in [0.25, 0.3) is 6.71 Å². The minimum Gasteiger partial charge on any atom is -0.311 e. The number of benzene rings is 6. The molecule has 6 aromatic carbocycles. The summed E-state index contributed by atoms with van der Waals surface area (Å²) in [5.41, 5.74) is 20.6. The number of aryl methyl sites for hydroxylation is 1. The summed E-state index contributed by atoms with van der Waals surface area (Å²) in [6.45, 7) is 35.2. The van der Waals surface area contributed by atoms with E-state index in [9.17, 15) is 0 Å². The lowest BCUT2D eigenvalue weighted by Crippen LogP contribution is -2.61. The van der Waals surface area contributed by atoms with Gasteiger partial charge in [-0.05, 0) is 126 Å². The fourth-order valence-electron chi connectivity index (χ4n) is 9.46. The number of para-hydroxylation sites is 1. The van der Waals surface area contributed by atoms with Crippen LogP contribution in [0.15, 0.2) is 121 Å². The molecule has 2 heterocycles. The third-order valence-corrected chi connectivity index (χ3v) is 13.2. The highest BCUT2D eigenvalue weighted by Crippen LogP contribution is 2.49. The van der Waals surface area contributed by atoms with E-state index in [4.69, 9.17) is 0 Å². The van der Waals surface area contributed by atoms with Crippen molar-refractivity contribution in [2.75, 3.05) is 9.80 Å². The quantitative estimate of drug-likeness (QED) is 0.164. The standard InChI is InChI=1S/C56H65BN2/c1-36-29-49-51-50(30-36)59(46-24-20-19-23-43(46)55(11,12)13)47-28-26-39(56(14,15)37-21-17-16-18-22-37)34-45(47)57(51)44-27-25-38(52(2,3)4)35-48(44)58(49)42-32-40(53(5,6)7)31-41(33-42)54(8,9)10/h16-35H,1-15H3. The number of anilines is 6. The van der Waals surface area contributed by atoms with Crippen LogP contribution in [0.1, 0.15) is 136 Å². The normalized spacial score (nSPS) is 14.3. The van der Waals surface area contributed by atoms with E-state index in [1.165, 1.54) is 89.5 Å². The van der Waals surface area contributed by atoms with Crippen molar-refractivity contribution in [3.8, 4) is 0 Å². The minimum atomic E-state index is -0.197. The fourth-order valence-corrected chi connectivity index (χ4v) is 9.46. The van der Waals surface area contributed by atoms with Gasteiger partial charge in [0, 0.05) is 39.5 Å². The number of nitrogens with zero attached hydrogens (tertiary/aromatic N) is 2. The van der Waals surface area contributed by atoms with Crippen molar-refractivity contribution in [2.45, 2.75) is 131 Å². The Balaban J connectivity index is 1.51. The molecule has 0 bridgehead atoms. The smallest absolute Gasteiger partial charge is 0.252 e. The Morgan fingerprint density at radius 3 is 1.53 bits per heavy atom. The first kappa shape index (κ1) is 40.8. The zero-order valence-electron chi connectivity index (χ0n) is 38.5. The molecule has 0 atom stereocenters. The summed E-state index contributed by atoms with van der Waals surface area (Å²) in [4.78, 5) is 5.24. The number of hydrogen-bond donors (Lipinski definition) is 0. The summed E-state index contributed by atoms with van der Waals surface area (Å²) >= 11 is 0. The van der Waals surface area contributed by atoms with Crippen LogP contribution >= 0.6 is 0 Å². The van der Waals surface area contributed by atoms with Crippen LogP contribution in [0.25, 0.3) is 0 Å².